The second-order valence-corrected chi connectivity index (χ2v) is 10.6. The smallest absolute Gasteiger partial charge is 0.328 e. The van der Waals surface area contributed by atoms with Crippen molar-refractivity contribution in [3.8, 4) is 17.6 Å². The summed E-state index contributed by atoms with van der Waals surface area (Å²) < 4.78 is 11.3. The summed E-state index contributed by atoms with van der Waals surface area (Å²) in [7, 11) is 3.03. The minimum atomic E-state index is -0.789. The van der Waals surface area contributed by atoms with Crippen molar-refractivity contribution in [2.24, 2.45) is 16.8 Å². The van der Waals surface area contributed by atoms with Crippen LogP contribution in [0.2, 0.25) is 10.0 Å². The molecule has 8 nitrogen and oxygen atoms in total. The van der Waals surface area contributed by atoms with Gasteiger partial charge in [0, 0.05) is 18.7 Å². The summed E-state index contributed by atoms with van der Waals surface area (Å²) >= 11 is 12.8. The van der Waals surface area contributed by atoms with E-state index < -0.39 is 11.9 Å². The Bertz CT molecular complexity index is 1300. The SMILES string of the molecule is CC/C=C(\C#N)C(=O)NC(=O)N(C)c1cc(Cl)c(Oc2ccc(N=C(OC)C(C)C)c(C)c2)c(Cl)c1.CC1CC1. The van der Waals surface area contributed by atoms with Crippen LogP contribution < -0.4 is 15.0 Å². The maximum absolute atomic E-state index is 12.5. The number of hydrogen-bond donors (Lipinski definition) is 1. The Morgan fingerprint density at radius 2 is 1.82 bits per heavy atom. The molecule has 2 aromatic carbocycles. The van der Waals surface area contributed by atoms with Crippen LogP contribution in [0.15, 0.2) is 47.0 Å². The average Bonchev–Trinajstić information content (AvgIpc) is 3.70. The van der Waals surface area contributed by atoms with Crippen molar-refractivity contribution in [1.29, 1.82) is 5.26 Å². The molecule has 0 unspecified atom stereocenters. The van der Waals surface area contributed by atoms with E-state index in [1.54, 1.807) is 38.3 Å². The van der Waals surface area contributed by atoms with Gasteiger partial charge < -0.3 is 9.47 Å². The molecule has 1 N–H and O–H groups in total. The Morgan fingerprint density at radius 3 is 2.27 bits per heavy atom. The number of nitriles is 1. The third kappa shape index (κ3) is 9.58. The Morgan fingerprint density at radius 1 is 1.23 bits per heavy atom. The average molecular weight is 588 g/mol. The zero-order chi connectivity index (χ0) is 30.0. The molecule has 1 fully saturated rings. The van der Waals surface area contributed by atoms with Crippen LogP contribution in [-0.2, 0) is 9.53 Å². The van der Waals surface area contributed by atoms with Crippen molar-refractivity contribution in [2.75, 3.05) is 19.1 Å². The normalized spacial score (nSPS) is 13.1. The number of aryl methyl sites for hydroxylation is 1. The molecule has 2 aromatic rings. The van der Waals surface area contributed by atoms with E-state index in [4.69, 9.17) is 37.9 Å². The Balaban J connectivity index is 0.00000128. The maximum Gasteiger partial charge on any atom is 0.328 e. The van der Waals surface area contributed by atoms with Crippen LogP contribution >= 0.6 is 23.2 Å². The number of urea groups is 1. The van der Waals surface area contributed by atoms with Crippen molar-refractivity contribution in [1.82, 2.24) is 5.32 Å². The van der Waals surface area contributed by atoms with Gasteiger partial charge >= 0.3 is 6.03 Å². The van der Waals surface area contributed by atoms with Crippen molar-refractivity contribution in [3.63, 3.8) is 0 Å². The number of nitrogens with zero attached hydrogens (tertiary/aromatic N) is 3. The van der Waals surface area contributed by atoms with Crippen LogP contribution in [0.5, 0.6) is 11.5 Å². The lowest BCUT2D eigenvalue weighted by Gasteiger charge is -2.19. The molecule has 214 valence electrons. The van der Waals surface area contributed by atoms with Gasteiger partial charge in [0.05, 0.1) is 22.8 Å². The van der Waals surface area contributed by atoms with E-state index in [2.05, 4.69) is 17.2 Å². The van der Waals surface area contributed by atoms with E-state index in [0.717, 1.165) is 22.1 Å². The highest BCUT2D eigenvalue weighted by atomic mass is 35.5. The van der Waals surface area contributed by atoms with Crippen LogP contribution in [0, 0.1) is 30.1 Å². The summed E-state index contributed by atoms with van der Waals surface area (Å²) in [5.41, 5.74) is 1.79. The molecule has 0 aliphatic heterocycles. The number of imide groups is 1. The molecule has 0 heterocycles. The number of rotatable bonds is 7. The number of amides is 3. The molecule has 1 saturated carbocycles. The molecule has 1 aliphatic rings. The summed E-state index contributed by atoms with van der Waals surface area (Å²) in [6.45, 7) is 9.94. The van der Waals surface area contributed by atoms with E-state index in [-0.39, 0.29) is 27.3 Å². The molecule has 0 saturated heterocycles. The number of allylic oxidation sites excluding steroid dienone is 1. The van der Waals surface area contributed by atoms with Gasteiger partial charge in [-0.2, -0.15) is 5.26 Å². The van der Waals surface area contributed by atoms with Gasteiger partial charge in [-0.25, -0.2) is 9.79 Å². The van der Waals surface area contributed by atoms with Gasteiger partial charge in [0.25, 0.3) is 5.91 Å². The van der Waals surface area contributed by atoms with Crippen molar-refractivity contribution >= 4 is 52.4 Å². The zero-order valence-electron chi connectivity index (χ0n) is 24.0. The number of carbonyl (C=O) groups is 2. The van der Waals surface area contributed by atoms with E-state index in [0.29, 0.717) is 23.8 Å². The number of hydrogen-bond acceptors (Lipinski definition) is 6. The number of halogens is 2. The van der Waals surface area contributed by atoms with Gasteiger partial charge in [-0.1, -0.05) is 69.8 Å². The molecular formula is C30H36Cl2N4O4. The number of methoxy groups -OCH3 is 1. The predicted octanol–water partition coefficient (Wildman–Crippen LogP) is 8.38. The van der Waals surface area contributed by atoms with Gasteiger partial charge in [0.2, 0.25) is 0 Å². The monoisotopic (exact) mass is 586 g/mol. The standard InChI is InChI=1S/C26H28Cl2N4O4.C4H8/c1-7-8-17(14-29)24(33)31-26(34)32(5)18-12-20(27)23(21(28)13-18)36-19-9-10-22(16(4)11-19)30-25(35-6)15(2)3;1-4-2-3-4/h8-13,15H,7H2,1-6H3,(H,31,33,34);4H,2-3H2,1H3/b17-8+,30-25?;. The van der Waals surface area contributed by atoms with E-state index in [9.17, 15) is 9.59 Å². The van der Waals surface area contributed by atoms with Gasteiger partial charge in [0.1, 0.15) is 17.4 Å². The van der Waals surface area contributed by atoms with Gasteiger partial charge in [-0.3, -0.25) is 15.0 Å². The van der Waals surface area contributed by atoms with Crippen LogP contribution in [-0.4, -0.2) is 32.0 Å². The van der Waals surface area contributed by atoms with Crippen molar-refractivity contribution in [2.45, 2.75) is 53.9 Å². The van der Waals surface area contributed by atoms with E-state index in [1.807, 2.05) is 20.8 Å². The maximum atomic E-state index is 12.5. The largest absolute Gasteiger partial charge is 0.484 e. The lowest BCUT2D eigenvalue weighted by molar-refractivity contribution is -0.116. The van der Waals surface area contributed by atoms with Gasteiger partial charge in [-0.05, 0) is 55.2 Å². The van der Waals surface area contributed by atoms with Crippen LogP contribution in [0.4, 0.5) is 16.2 Å². The number of carbonyl (C=O) groups excluding carboxylic acids is 2. The minimum Gasteiger partial charge on any atom is -0.484 e. The van der Waals surface area contributed by atoms with Crippen LogP contribution in [0.1, 0.15) is 52.5 Å². The molecule has 10 heteroatoms. The highest BCUT2D eigenvalue weighted by Crippen LogP contribution is 2.40. The van der Waals surface area contributed by atoms with E-state index >= 15 is 0 Å². The first-order valence-corrected chi connectivity index (χ1v) is 13.8. The van der Waals surface area contributed by atoms with Crippen molar-refractivity contribution in [3.05, 3.63) is 57.6 Å². The molecule has 0 radical (unpaired) electrons. The third-order valence-corrected chi connectivity index (χ3v) is 6.42. The summed E-state index contributed by atoms with van der Waals surface area (Å²) in [5.74, 6) is 1.76. The Hall–Kier alpha value is -3.54. The topological polar surface area (TPSA) is 104 Å². The highest BCUT2D eigenvalue weighted by molar-refractivity contribution is 6.37. The number of aliphatic imine (C=N–C) groups is 1. The zero-order valence-corrected chi connectivity index (χ0v) is 25.5. The fourth-order valence-electron chi connectivity index (χ4n) is 3.23. The molecule has 0 atom stereocenters. The quantitative estimate of drug-likeness (QED) is 0.152. The lowest BCUT2D eigenvalue weighted by atomic mass is 10.1. The summed E-state index contributed by atoms with van der Waals surface area (Å²) in [6, 6.07) is 9.33. The second kappa shape index (κ2) is 15.3. The fourth-order valence-corrected chi connectivity index (χ4v) is 3.78. The molecule has 3 rings (SSSR count). The molecule has 0 bridgehead atoms. The Labute approximate surface area is 246 Å². The second-order valence-electron chi connectivity index (χ2n) is 9.74. The molecule has 0 aromatic heterocycles. The first-order valence-electron chi connectivity index (χ1n) is 13.0. The summed E-state index contributed by atoms with van der Waals surface area (Å²) in [6.07, 6.45) is 4.89. The molecule has 1 aliphatic carbocycles. The lowest BCUT2D eigenvalue weighted by Crippen LogP contribution is -2.41. The molecule has 40 heavy (non-hydrogen) atoms. The number of benzene rings is 2. The highest BCUT2D eigenvalue weighted by Gasteiger charge is 2.20. The number of ether oxygens (including phenoxy) is 2. The van der Waals surface area contributed by atoms with Crippen molar-refractivity contribution < 1.29 is 19.1 Å². The van der Waals surface area contributed by atoms with Gasteiger partial charge in [-0.15, -0.1) is 0 Å². The fraction of sp³-hybridized carbons (Fsp3) is 0.400. The molecule has 3 amide bonds. The third-order valence-electron chi connectivity index (χ3n) is 5.86. The summed E-state index contributed by atoms with van der Waals surface area (Å²) in [4.78, 5) is 30.3. The van der Waals surface area contributed by atoms with Gasteiger partial charge in [0.15, 0.2) is 11.6 Å². The number of anilines is 1. The number of nitrogens with one attached hydrogen (secondary N) is 1. The van der Waals surface area contributed by atoms with E-state index in [1.165, 1.54) is 38.1 Å². The first kappa shape index (κ1) is 32.7. The van der Waals surface area contributed by atoms with Crippen LogP contribution in [0.25, 0.3) is 0 Å². The summed E-state index contributed by atoms with van der Waals surface area (Å²) in [5, 5.41) is 11.5. The van der Waals surface area contributed by atoms with Crippen LogP contribution in [0.3, 0.4) is 0 Å². The Kier molecular flexibility index (Phi) is 12.5. The predicted molar refractivity (Wildman–Crippen MR) is 161 cm³/mol. The minimum absolute atomic E-state index is 0.140. The molecular weight excluding hydrogens is 551 g/mol. The molecule has 0 spiro atoms. The first-order chi connectivity index (χ1) is 18.9.